The third-order valence-corrected chi connectivity index (χ3v) is 6.23. The number of piperazine rings is 1. The molecular formula is C17H25N3O4S. The topological polar surface area (TPSA) is 78.0 Å². The highest BCUT2D eigenvalue weighted by molar-refractivity contribution is 7.89. The number of amides is 2. The highest BCUT2D eigenvalue weighted by atomic mass is 32.2. The van der Waals surface area contributed by atoms with E-state index >= 15 is 0 Å². The van der Waals surface area contributed by atoms with Crippen LogP contribution >= 0.6 is 0 Å². The highest BCUT2D eigenvalue weighted by Crippen LogP contribution is 2.19. The van der Waals surface area contributed by atoms with Gasteiger partial charge in [-0.3, -0.25) is 9.59 Å². The first-order valence-electron chi connectivity index (χ1n) is 8.45. The first kappa shape index (κ1) is 19.4. The zero-order valence-electron chi connectivity index (χ0n) is 14.7. The summed E-state index contributed by atoms with van der Waals surface area (Å²) in [7, 11) is -1.95. The summed E-state index contributed by atoms with van der Waals surface area (Å²) in [5, 5.41) is 0. The lowest BCUT2D eigenvalue weighted by Crippen LogP contribution is -2.48. The summed E-state index contributed by atoms with van der Waals surface area (Å²) >= 11 is 0. The van der Waals surface area contributed by atoms with E-state index in [0.717, 1.165) is 19.3 Å². The van der Waals surface area contributed by atoms with E-state index in [1.54, 1.807) is 29.0 Å². The van der Waals surface area contributed by atoms with Crippen LogP contribution in [0.1, 0.15) is 30.1 Å². The van der Waals surface area contributed by atoms with Crippen molar-refractivity contribution in [3.05, 3.63) is 29.8 Å². The molecule has 0 aromatic heterocycles. The minimum Gasteiger partial charge on any atom is -0.343 e. The van der Waals surface area contributed by atoms with E-state index in [-0.39, 0.29) is 23.9 Å². The smallest absolute Gasteiger partial charge is 0.253 e. The summed E-state index contributed by atoms with van der Waals surface area (Å²) in [6.45, 7) is 3.96. The molecule has 0 unspecified atom stereocenters. The van der Waals surface area contributed by atoms with Gasteiger partial charge < -0.3 is 9.80 Å². The van der Waals surface area contributed by atoms with Crippen molar-refractivity contribution in [3.63, 3.8) is 0 Å². The van der Waals surface area contributed by atoms with E-state index in [0.29, 0.717) is 25.2 Å². The molecular weight excluding hydrogens is 342 g/mol. The summed E-state index contributed by atoms with van der Waals surface area (Å²) in [6, 6.07) is 6.17. The van der Waals surface area contributed by atoms with Gasteiger partial charge in [0.25, 0.3) is 5.91 Å². The predicted octanol–water partition coefficient (Wildman–Crippen LogP) is 1.02. The number of carbonyl (C=O) groups is 2. The molecule has 0 spiro atoms. The Balaban J connectivity index is 2.17. The van der Waals surface area contributed by atoms with Crippen molar-refractivity contribution < 1.29 is 18.0 Å². The molecule has 0 bridgehead atoms. The Hall–Kier alpha value is -1.93. The van der Waals surface area contributed by atoms with Gasteiger partial charge in [-0.2, -0.15) is 4.31 Å². The molecule has 138 valence electrons. The van der Waals surface area contributed by atoms with Crippen molar-refractivity contribution in [2.24, 2.45) is 0 Å². The van der Waals surface area contributed by atoms with Gasteiger partial charge in [0.2, 0.25) is 16.4 Å². The molecule has 1 aromatic rings. The van der Waals surface area contributed by atoms with Crippen LogP contribution in [0.25, 0.3) is 0 Å². The zero-order chi connectivity index (χ0) is 18.4. The van der Waals surface area contributed by atoms with Gasteiger partial charge in [-0.15, -0.1) is 0 Å². The first-order chi connectivity index (χ1) is 11.9. The first-order valence-corrected chi connectivity index (χ1v) is 9.89. The van der Waals surface area contributed by atoms with Gasteiger partial charge in [-0.1, -0.05) is 19.4 Å². The second kappa shape index (κ2) is 8.44. The second-order valence-corrected chi connectivity index (χ2v) is 8.09. The summed E-state index contributed by atoms with van der Waals surface area (Å²) in [4.78, 5) is 26.5. The Labute approximate surface area is 149 Å². The minimum atomic E-state index is -3.67. The molecule has 25 heavy (non-hydrogen) atoms. The number of hydrogen-bond donors (Lipinski definition) is 0. The Morgan fingerprint density at radius 1 is 1.24 bits per heavy atom. The normalized spacial score (nSPS) is 15.8. The molecule has 1 heterocycles. The SMILES string of the molecule is CCCCN(C)C(=O)c1cccc(S(=O)(=O)N2CCN(C=O)CC2)c1. The standard InChI is InChI=1S/C17H25N3O4S/c1-3-4-8-18(2)17(22)15-6-5-7-16(13-15)25(23,24)20-11-9-19(14-21)10-12-20/h5-7,13-14H,3-4,8-12H2,1-2H3. The fraction of sp³-hybridized carbons (Fsp3) is 0.529. The third kappa shape index (κ3) is 4.58. The van der Waals surface area contributed by atoms with Gasteiger partial charge in [0.1, 0.15) is 0 Å². The van der Waals surface area contributed by atoms with Crippen LogP contribution in [0.4, 0.5) is 0 Å². The van der Waals surface area contributed by atoms with E-state index in [2.05, 4.69) is 6.92 Å². The monoisotopic (exact) mass is 367 g/mol. The van der Waals surface area contributed by atoms with Gasteiger partial charge in [0.15, 0.2) is 0 Å². The molecule has 1 aromatic carbocycles. The van der Waals surface area contributed by atoms with Crippen LogP contribution in [-0.2, 0) is 14.8 Å². The van der Waals surface area contributed by atoms with E-state index in [9.17, 15) is 18.0 Å². The summed E-state index contributed by atoms with van der Waals surface area (Å²) < 4.78 is 26.9. The Morgan fingerprint density at radius 3 is 2.52 bits per heavy atom. The predicted molar refractivity (Wildman–Crippen MR) is 94.7 cm³/mol. The second-order valence-electron chi connectivity index (χ2n) is 6.15. The quantitative estimate of drug-likeness (QED) is 0.674. The lowest BCUT2D eigenvalue weighted by Gasteiger charge is -2.31. The lowest BCUT2D eigenvalue weighted by molar-refractivity contribution is -0.119. The zero-order valence-corrected chi connectivity index (χ0v) is 15.5. The molecule has 0 aliphatic carbocycles. The van der Waals surface area contributed by atoms with Gasteiger partial charge in [-0.05, 0) is 24.6 Å². The van der Waals surface area contributed by atoms with Crippen molar-refractivity contribution in [1.29, 1.82) is 0 Å². The van der Waals surface area contributed by atoms with Gasteiger partial charge >= 0.3 is 0 Å². The molecule has 1 aliphatic rings. The maximum Gasteiger partial charge on any atom is 0.253 e. The third-order valence-electron chi connectivity index (χ3n) is 4.33. The maximum absolute atomic E-state index is 12.8. The fourth-order valence-electron chi connectivity index (χ4n) is 2.71. The molecule has 0 radical (unpaired) electrons. The van der Waals surface area contributed by atoms with Crippen molar-refractivity contribution in [2.45, 2.75) is 24.7 Å². The van der Waals surface area contributed by atoms with Crippen molar-refractivity contribution >= 4 is 22.3 Å². The van der Waals surface area contributed by atoms with Gasteiger partial charge in [-0.25, -0.2) is 8.42 Å². The maximum atomic E-state index is 12.8. The Bertz CT molecular complexity index is 712. The number of nitrogens with zero attached hydrogens (tertiary/aromatic N) is 3. The average Bonchev–Trinajstić information content (AvgIpc) is 2.65. The molecule has 0 atom stereocenters. The molecule has 0 saturated carbocycles. The number of benzene rings is 1. The number of hydrogen-bond acceptors (Lipinski definition) is 4. The number of carbonyl (C=O) groups excluding carboxylic acids is 2. The van der Waals surface area contributed by atoms with E-state index in [4.69, 9.17) is 0 Å². The number of rotatable bonds is 7. The summed E-state index contributed by atoms with van der Waals surface area (Å²) in [6.07, 6.45) is 2.62. The molecule has 2 amide bonds. The van der Waals surface area contributed by atoms with Crippen LogP contribution in [0, 0.1) is 0 Å². The molecule has 7 nitrogen and oxygen atoms in total. The molecule has 1 saturated heterocycles. The fourth-order valence-corrected chi connectivity index (χ4v) is 4.17. The largest absolute Gasteiger partial charge is 0.343 e. The van der Waals surface area contributed by atoms with Crippen LogP contribution in [0.2, 0.25) is 0 Å². The van der Waals surface area contributed by atoms with Crippen LogP contribution in [0.3, 0.4) is 0 Å². The molecule has 0 N–H and O–H groups in total. The van der Waals surface area contributed by atoms with Gasteiger partial charge in [0.05, 0.1) is 4.90 Å². The van der Waals surface area contributed by atoms with E-state index < -0.39 is 10.0 Å². The van der Waals surface area contributed by atoms with Crippen LogP contribution in [-0.4, -0.2) is 74.6 Å². The van der Waals surface area contributed by atoms with Crippen LogP contribution in [0.15, 0.2) is 29.2 Å². The summed E-state index contributed by atoms with van der Waals surface area (Å²) in [5.74, 6) is -0.184. The summed E-state index contributed by atoms with van der Waals surface area (Å²) in [5.41, 5.74) is 0.367. The Kier molecular flexibility index (Phi) is 6.55. The molecule has 8 heteroatoms. The molecule has 1 aliphatic heterocycles. The van der Waals surface area contributed by atoms with Crippen LogP contribution in [0.5, 0.6) is 0 Å². The van der Waals surface area contributed by atoms with Crippen molar-refractivity contribution in [1.82, 2.24) is 14.1 Å². The lowest BCUT2D eigenvalue weighted by atomic mass is 10.2. The van der Waals surface area contributed by atoms with Gasteiger partial charge in [0, 0.05) is 45.3 Å². The number of sulfonamides is 1. The van der Waals surface area contributed by atoms with E-state index in [1.165, 1.54) is 16.4 Å². The van der Waals surface area contributed by atoms with Crippen LogP contribution < -0.4 is 0 Å². The minimum absolute atomic E-state index is 0.113. The Morgan fingerprint density at radius 2 is 1.92 bits per heavy atom. The highest BCUT2D eigenvalue weighted by Gasteiger charge is 2.28. The number of unbranched alkanes of at least 4 members (excludes halogenated alkanes) is 1. The average molecular weight is 367 g/mol. The van der Waals surface area contributed by atoms with Crippen molar-refractivity contribution in [3.8, 4) is 0 Å². The molecule has 1 fully saturated rings. The van der Waals surface area contributed by atoms with E-state index in [1.807, 2.05) is 0 Å². The molecule has 2 rings (SSSR count). The van der Waals surface area contributed by atoms with Crippen molar-refractivity contribution in [2.75, 3.05) is 39.8 Å².